The minimum Gasteiger partial charge on any atom is -0.316 e. The standard InChI is InChI=1S/C15H26N2O2S/c1-5-12(2)13(3)17-20(18,19)11-15-8-6-7-14(9-15)10-16-4/h6-9,12-13,16-17H,5,10-11H2,1-4H3. The number of hydrogen-bond acceptors (Lipinski definition) is 3. The fourth-order valence-corrected chi connectivity index (χ4v) is 3.55. The van der Waals surface area contributed by atoms with Crippen LogP contribution in [0.1, 0.15) is 38.3 Å². The second kappa shape index (κ2) is 7.76. The Kier molecular flexibility index (Phi) is 6.65. The fourth-order valence-electron chi connectivity index (χ4n) is 2.05. The summed E-state index contributed by atoms with van der Waals surface area (Å²) < 4.78 is 27.1. The molecule has 0 bridgehead atoms. The van der Waals surface area contributed by atoms with E-state index in [-0.39, 0.29) is 11.8 Å². The van der Waals surface area contributed by atoms with Crippen LogP contribution in [0.25, 0.3) is 0 Å². The first-order valence-electron chi connectivity index (χ1n) is 7.10. The summed E-state index contributed by atoms with van der Waals surface area (Å²) in [6.07, 6.45) is 0.960. The van der Waals surface area contributed by atoms with Crippen molar-refractivity contribution < 1.29 is 8.42 Å². The van der Waals surface area contributed by atoms with E-state index in [9.17, 15) is 8.42 Å². The molecular weight excluding hydrogens is 272 g/mol. The average molecular weight is 298 g/mol. The zero-order valence-corrected chi connectivity index (χ0v) is 13.6. The van der Waals surface area contributed by atoms with Crippen LogP contribution >= 0.6 is 0 Å². The van der Waals surface area contributed by atoms with Gasteiger partial charge in [-0.15, -0.1) is 0 Å². The summed E-state index contributed by atoms with van der Waals surface area (Å²) in [6.45, 7) is 6.78. The first-order chi connectivity index (χ1) is 9.38. The van der Waals surface area contributed by atoms with E-state index in [1.54, 1.807) is 0 Å². The van der Waals surface area contributed by atoms with Crippen LogP contribution in [0.5, 0.6) is 0 Å². The Hall–Kier alpha value is -0.910. The van der Waals surface area contributed by atoms with Gasteiger partial charge in [0.25, 0.3) is 0 Å². The molecule has 2 N–H and O–H groups in total. The molecule has 2 unspecified atom stereocenters. The highest BCUT2D eigenvalue weighted by molar-refractivity contribution is 7.88. The van der Waals surface area contributed by atoms with Gasteiger partial charge in [-0.05, 0) is 31.0 Å². The van der Waals surface area contributed by atoms with Crippen LogP contribution in [0, 0.1) is 5.92 Å². The minimum absolute atomic E-state index is 0.0331. The molecule has 0 radical (unpaired) electrons. The topological polar surface area (TPSA) is 58.2 Å². The molecule has 114 valence electrons. The van der Waals surface area contributed by atoms with E-state index in [4.69, 9.17) is 0 Å². The SMILES string of the molecule is CCC(C)C(C)NS(=O)(=O)Cc1cccc(CNC)c1. The summed E-state index contributed by atoms with van der Waals surface area (Å²) in [5.74, 6) is 0.367. The third-order valence-corrected chi connectivity index (χ3v) is 5.04. The smallest absolute Gasteiger partial charge is 0.216 e. The first-order valence-corrected chi connectivity index (χ1v) is 8.75. The van der Waals surface area contributed by atoms with Crippen molar-refractivity contribution in [2.45, 2.75) is 45.5 Å². The van der Waals surface area contributed by atoms with Gasteiger partial charge in [0.05, 0.1) is 5.75 Å². The van der Waals surface area contributed by atoms with Crippen molar-refractivity contribution in [3.8, 4) is 0 Å². The van der Waals surface area contributed by atoms with Crippen molar-refractivity contribution in [1.29, 1.82) is 0 Å². The Bertz CT molecular complexity index is 514. The van der Waals surface area contributed by atoms with Gasteiger partial charge < -0.3 is 5.32 Å². The van der Waals surface area contributed by atoms with Crippen molar-refractivity contribution in [1.82, 2.24) is 10.0 Å². The molecule has 0 aliphatic rings. The van der Waals surface area contributed by atoms with Crippen molar-refractivity contribution in [2.75, 3.05) is 7.05 Å². The molecule has 0 aromatic heterocycles. The van der Waals surface area contributed by atoms with E-state index in [0.717, 1.165) is 24.1 Å². The van der Waals surface area contributed by atoms with Gasteiger partial charge in [0, 0.05) is 12.6 Å². The molecule has 0 heterocycles. The predicted molar refractivity (Wildman–Crippen MR) is 83.9 cm³/mol. The lowest BCUT2D eigenvalue weighted by atomic mass is 10.0. The highest BCUT2D eigenvalue weighted by Crippen LogP contribution is 2.12. The second-order valence-electron chi connectivity index (χ2n) is 5.40. The molecule has 1 rings (SSSR count). The summed E-state index contributed by atoms with van der Waals surface area (Å²) in [7, 11) is -1.42. The van der Waals surface area contributed by atoms with Gasteiger partial charge >= 0.3 is 0 Å². The Morgan fingerprint density at radius 2 is 1.85 bits per heavy atom. The molecule has 1 aromatic carbocycles. The summed E-state index contributed by atoms with van der Waals surface area (Å²) >= 11 is 0. The minimum atomic E-state index is -3.29. The molecule has 0 aliphatic carbocycles. The van der Waals surface area contributed by atoms with Crippen LogP contribution in [-0.4, -0.2) is 21.5 Å². The third-order valence-electron chi connectivity index (χ3n) is 3.59. The average Bonchev–Trinajstić information content (AvgIpc) is 2.37. The molecule has 0 saturated heterocycles. The highest BCUT2D eigenvalue weighted by Gasteiger charge is 2.18. The third kappa shape index (κ3) is 5.61. The molecule has 5 heteroatoms. The maximum absolute atomic E-state index is 12.2. The first kappa shape index (κ1) is 17.1. The largest absolute Gasteiger partial charge is 0.316 e. The molecule has 2 atom stereocenters. The molecule has 4 nitrogen and oxygen atoms in total. The van der Waals surface area contributed by atoms with Gasteiger partial charge in [0.15, 0.2) is 0 Å². The summed E-state index contributed by atoms with van der Waals surface area (Å²) in [5, 5.41) is 3.06. The molecule has 0 saturated carbocycles. The molecule has 0 spiro atoms. The molecular formula is C15H26N2O2S. The number of nitrogens with one attached hydrogen (secondary N) is 2. The lowest BCUT2D eigenvalue weighted by Crippen LogP contribution is -2.37. The fraction of sp³-hybridized carbons (Fsp3) is 0.600. The number of hydrogen-bond donors (Lipinski definition) is 2. The van der Waals surface area contributed by atoms with Gasteiger partial charge in [-0.2, -0.15) is 0 Å². The van der Waals surface area contributed by atoms with E-state index in [1.165, 1.54) is 0 Å². The molecule has 20 heavy (non-hydrogen) atoms. The van der Waals surface area contributed by atoms with Crippen LogP contribution in [-0.2, 0) is 22.3 Å². The van der Waals surface area contributed by atoms with Crippen LogP contribution < -0.4 is 10.0 Å². The maximum Gasteiger partial charge on any atom is 0.216 e. The number of benzene rings is 1. The molecule has 1 aromatic rings. The van der Waals surface area contributed by atoms with Crippen LogP contribution in [0.15, 0.2) is 24.3 Å². The van der Waals surface area contributed by atoms with Crippen LogP contribution in [0.3, 0.4) is 0 Å². The quantitative estimate of drug-likeness (QED) is 0.774. The Balaban J connectivity index is 2.73. The normalized spacial score (nSPS) is 15.0. The van der Waals surface area contributed by atoms with Gasteiger partial charge in [0.1, 0.15) is 0 Å². The van der Waals surface area contributed by atoms with Gasteiger partial charge in [-0.25, -0.2) is 13.1 Å². The monoisotopic (exact) mass is 298 g/mol. The van der Waals surface area contributed by atoms with Crippen molar-refractivity contribution in [3.05, 3.63) is 35.4 Å². The lowest BCUT2D eigenvalue weighted by molar-refractivity contribution is 0.434. The van der Waals surface area contributed by atoms with Crippen molar-refractivity contribution in [3.63, 3.8) is 0 Å². The van der Waals surface area contributed by atoms with E-state index in [0.29, 0.717) is 5.92 Å². The van der Waals surface area contributed by atoms with E-state index >= 15 is 0 Å². The molecule has 0 aliphatic heterocycles. The summed E-state index contributed by atoms with van der Waals surface area (Å²) in [5.41, 5.74) is 1.91. The predicted octanol–water partition coefficient (Wildman–Crippen LogP) is 2.26. The van der Waals surface area contributed by atoms with E-state index in [1.807, 2.05) is 38.2 Å². The maximum atomic E-state index is 12.2. The van der Waals surface area contributed by atoms with Crippen LogP contribution in [0.2, 0.25) is 0 Å². The summed E-state index contributed by atoms with van der Waals surface area (Å²) in [6, 6.07) is 7.64. The van der Waals surface area contributed by atoms with Crippen LogP contribution in [0.4, 0.5) is 0 Å². The Morgan fingerprint density at radius 1 is 1.20 bits per heavy atom. The van der Waals surface area contributed by atoms with Gasteiger partial charge in [-0.1, -0.05) is 44.5 Å². The number of sulfonamides is 1. The van der Waals surface area contributed by atoms with Gasteiger partial charge in [0.2, 0.25) is 10.0 Å². The molecule has 0 amide bonds. The number of rotatable bonds is 8. The van der Waals surface area contributed by atoms with Gasteiger partial charge in [-0.3, -0.25) is 0 Å². The van der Waals surface area contributed by atoms with Crippen molar-refractivity contribution in [2.24, 2.45) is 5.92 Å². The Labute approximate surface area is 123 Å². The van der Waals surface area contributed by atoms with Crippen molar-refractivity contribution >= 4 is 10.0 Å². The molecule has 0 fully saturated rings. The summed E-state index contributed by atoms with van der Waals surface area (Å²) in [4.78, 5) is 0. The Morgan fingerprint density at radius 3 is 2.45 bits per heavy atom. The zero-order chi connectivity index (χ0) is 15.2. The lowest BCUT2D eigenvalue weighted by Gasteiger charge is -2.19. The zero-order valence-electron chi connectivity index (χ0n) is 12.8. The highest BCUT2D eigenvalue weighted by atomic mass is 32.2. The van der Waals surface area contributed by atoms with E-state index in [2.05, 4.69) is 23.9 Å². The second-order valence-corrected chi connectivity index (χ2v) is 7.16. The van der Waals surface area contributed by atoms with E-state index < -0.39 is 10.0 Å².